The van der Waals surface area contributed by atoms with E-state index in [-0.39, 0.29) is 0 Å². The summed E-state index contributed by atoms with van der Waals surface area (Å²) in [5, 5.41) is 0. The van der Waals surface area contributed by atoms with Gasteiger partial charge in [0.15, 0.2) is 0 Å². The van der Waals surface area contributed by atoms with Crippen molar-refractivity contribution in [1.29, 1.82) is 0 Å². The molecule has 0 N–H and O–H groups in total. The van der Waals surface area contributed by atoms with E-state index in [1.807, 2.05) is 12.3 Å². The number of pyridine rings is 1. The third-order valence-corrected chi connectivity index (χ3v) is 4.22. The second-order valence-corrected chi connectivity index (χ2v) is 5.41. The predicted molar refractivity (Wildman–Crippen MR) is 82.1 cm³/mol. The molecule has 2 heterocycles. The fraction of sp³-hybridized carbons (Fsp3) is 0.688. The van der Waals surface area contributed by atoms with Crippen LogP contribution in [0.25, 0.3) is 0 Å². The summed E-state index contributed by atoms with van der Waals surface area (Å²) in [5.41, 5.74) is 1.24. The minimum absolute atomic E-state index is 0.465. The molecule has 1 aliphatic rings. The van der Waals surface area contributed by atoms with Crippen LogP contribution in [0.2, 0.25) is 0 Å². The highest BCUT2D eigenvalue weighted by atomic mass is 16.5. The van der Waals surface area contributed by atoms with Gasteiger partial charge in [0.1, 0.15) is 6.61 Å². The van der Waals surface area contributed by atoms with Crippen LogP contribution in [0.15, 0.2) is 18.3 Å². The van der Waals surface area contributed by atoms with Crippen LogP contribution >= 0.6 is 0 Å². The number of hydrogen-bond acceptors (Lipinski definition) is 4. The lowest BCUT2D eigenvalue weighted by molar-refractivity contribution is 0.212. The Balaban J connectivity index is 1.97. The molecular weight excluding hydrogens is 250 g/mol. The number of likely N-dealkylation sites (N-methyl/N-ethyl adjacent to an activating group) is 1. The number of ether oxygens (including phenoxy) is 1. The Morgan fingerprint density at radius 1 is 1.40 bits per heavy atom. The van der Waals surface area contributed by atoms with Crippen molar-refractivity contribution >= 4 is 0 Å². The predicted octanol–water partition coefficient (Wildman–Crippen LogP) is 2.57. The van der Waals surface area contributed by atoms with Crippen molar-refractivity contribution < 1.29 is 4.74 Å². The molecule has 112 valence electrons. The van der Waals surface area contributed by atoms with Crippen molar-refractivity contribution in [2.45, 2.75) is 32.7 Å². The molecule has 4 heteroatoms. The van der Waals surface area contributed by atoms with Crippen LogP contribution in [0.4, 0.5) is 0 Å². The maximum Gasteiger partial charge on any atom is 0.218 e. The van der Waals surface area contributed by atoms with Gasteiger partial charge in [-0.15, -0.1) is 0 Å². The number of likely N-dealkylation sites (tertiary alicyclic amines) is 1. The fourth-order valence-electron chi connectivity index (χ4n) is 2.89. The molecular formula is C16H27N3O. The number of rotatable bonds is 7. The van der Waals surface area contributed by atoms with Gasteiger partial charge in [0.2, 0.25) is 5.88 Å². The van der Waals surface area contributed by atoms with Crippen LogP contribution in [-0.2, 0) is 0 Å². The third-order valence-electron chi connectivity index (χ3n) is 4.22. The van der Waals surface area contributed by atoms with Gasteiger partial charge in [0.05, 0.1) is 0 Å². The number of aromatic nitrogens is 1. The molecule has 0 spiro atoms. The van der Waals surface area contributed by atoms with E-state index in [4.69, 9.17) is 4.74 Å². The van der Waals surface area contributed by atoms with E-state index in [1.54, 1.807) is 0 Å². The van der Waals surface area contributed by atoms with Crippen LogP contribution in [0, 0.1) is 0 Å². The second kappa shape index (κ2) is 7.60. The van der Waals surface area contributed by atoms with E-state index in [0.29, 0.717) is 12.6 Å². The van der Waals surface area contributed by atoms with Crippen molar-refractivity contribution in [2.24, 2.45) is 0 Å². The Hall–Kier alpha value is -1.13. The summed E-state index contributed by atoms with van der Waals surface area (Å²) in [6.45, 7) is 9.34. The first-order valence-electron chi connectivity index (χ1n) is 7.76. The Kier molecular flexibility index (Phi) is 5.80. The van der Waals surface area contributed by atoms with E-state index in [2.05, 4.69) is 41.7 Å². The molecule has 1 aromatic rings. The lowest BCUT2D eigenvalue weighted by atomic mass is 10.1. The van der Waals surface area contributed by atoms with Crippen molar-refractivity contribution in [3.8, 4) is 5.88 Å². The normalized spacial score (nSPS) is 19.7. The molecule has 20 heavy (non-hydrogen) atoms. The summed E-state index contributed by atoms with van der Waals surface area (Å²) >= 11 is 0. The van der Waals surface area contributed by atoms with Gasteiger partial charge in [0, 0.05) is 24.3 Å². The van der Waals surface area contributed by atoms with Crippen molar-refractivity contribution in [3.63, 3.8) is 0 Å². The molecule has 0 radical (unpaired) electrons. The molecule has 1 saturated heterocycles. The monoisotopic (exact) mass is 277 g/mol. The zero-order chi connectivity index (χ0) is 14.4. The van der Waals surface area contributed by atoms with Crippen molar-refractivity contribution in [2.75, 3.05) is 39.8 Å². The summed E-state index contributed by atoms with van der Waals surface area (Å²) < 4.78 is 5.95. The smallest absolute Gasteiger partial charge is 0.218 e. The molecule has 1 atom stereocenters. The van der Waals surface area contributed by atoms with E-state index >= 15 is 0 Å². The molecule has 4 nitrogen and oxygen atoms in total. The van der Waals surface area contributed by atoms with Gasteiger partial charge in [-0.1, -0.05) is 19.9 Å². The Bertz CT molecular complexity index is 406. The minimum Gasteiger partial charge on any atom is -0.476 e. The maximum atomic E-state index is 5.95. The summed E-state index contributed by atoms with van der Waals surface area (Å²) in [4.78, 5) is 9.20. The largest absolute Gasteiger partial charge is 0.476 e. The molecule has 1 aliphatic heterocycles. The van der Waals surface area contributed by atoms with Gasteiger partial charge < -0.3 is 9.64 Å². The van der Waals surface area contributed by atoms with Crippen LogP contribution in [0.1, 0.15) is 38.3 Å². The van der Waals surface area contributed by atoms with Gasteiger partial charge in [-0.05, 0) is 45.6 Å². The van der Waals surface area contributed by atoms with Gasteiger partial charge in [-0.25, -0.2) is 4.98 Å². The molecule has 0 saturated carbocycles. The van der Waals surface area contributed by atoms with Crippen LogP contribution in [0.5, 0.6) is 5.88 Å². The van der Waals surface area contributed by atoms with Crippen LogP contribution in [-0.4, -0.2) is 54.6 Å². The Morgan fingerprint density at radius 3 is 2.85 bits per heavy atom. The fourth-order valence-corrected chi connectivity index (χ4v) is 2.89. The highest BCUT2D eigenvalue weighted by molar-refractivity contribution is 5.29. The maximum absolute atomic E-state index is 5.95. The van der Waals surface area contributed by atoms with Gasteiger partial charge >= 0.3 is 0 Å². The van der Waals surface area contributed by atoms with E-state index in [0.717, 1.165) is 25.5 Å². The van der Waals surface area contributed by atoms with E-state index < -0.39 is 0 Å². The average Bonchev–Trinajstić information content (AvgIpc) is 2.90. The molecule has 1 fully saturated rings. The number of hydrogen-bond donors (Lipinski definition) is 0. The standard InChI is InChI=1S/C16H27N3O/c1-4-19(5-2)12-13-20-16-14(8-6-10-17-16)15-9-7-11-18(15)3/h6,8,10,15H,4-5,7,9,11-13H2,1-3H3. The molecule has 0 aromatic carbocycles. The molecule has 0 aliphatic carbocycles. The zero-order valence-corrected chi connectivity index (χ0v) is 13.0. The zero-order valence-electron chi connectivity index (χ0n) is 13.0. The van der Waals surface area contributed by atoms with Gasteiger partial charge in [0.25, 0.3) is 0 Å². The Morgan fingerprint density at radius 2 is 2.20 bits per heavy atom. The molecule has 0 bridgehead atoms. The van der Waals surface area contributed by atoms with Crippen LogP contribution in [0.3, 0.4) is 0 Å². The SMILES string of the molecule is CCN(CC)CCOc1ncccc1C1CCCN1C. The Labute approximate surface area is 122 Å². The van der Waals surface area contributed by atoms with Crippen molar-refractivity contribution in [3.05, 3.63) is 23.9 Å². The first-order valence-corrected chi connectivity index (χ1v) is 7.76. The molecule has 0 amide bonds. The highest BCUT2D eigenvalue weighted by Crippen LogP contribution is 2.34. The summed E-state index contributed by atoms with van der Waals surface area (Å²) in [5.74, 6) is 0.818. The molecule has 1 unspecified atom stereocenters. The summed E-state index contributed by atoms with van der Waals surface area (Å²) in [6, 6.07) is 4.64. The van der Waals surface area contributed by atoms with Gasteiger partial charge in [-0.3, -0.25) is 4.90 Å². The first kappa shape index (κ1) is 15.3. The molecule has 2 rings (SSSR count). The summed E-state index contributed by atoms with van der Waals surface area (Å²) in [6.07, 6.45) is 4.29. The molecule has 1 aromatic heterocycles. The highest BCUT2D eigenvalue weighted by Gasteiger charge is 2.25. The summed E-state index contributed by atoms with van der Waals surface area (Å²) in [7, 11) is 2.18. The lowest BCUT2D eigenvalue weighted by Crippen LogP contribution is -2.28. The minimum atomic E-state index is 0.465. The van der Waals surface area contributed by atoms with Crippen molar-refractivity contribution in [1.82, 2.24) is 14.8 Å². The average molecular weight is 277 g/mol. The third kappa shape index (κ3) is 3.70. The van der Waals surface area contributed by atoms with Crippen LogP contribution < -0.4 is 4.74 Å². The first-order chi connectivity index (χ1) is 9.76. The second-order valence-electron chi connectivity index (χ2n) is 5.41. The van der Waals surface area contributed by atoms with Gasteiger partial charge in [-0.2, -0.15) is 0 Å². The quantitative estimate of drug-likeness (QED) is 0.766. The van der Waals surface area contributed by atoms with E-state index in [9.17, 15) is 0 Å². The number of nitrogens with zero attached hydrogens (tertiary/aromatic N) is 3. The van der Waals surface area contributed by atoms with E-state index in [1.165, 1.54) is 24.9 Å². The lowest BCUT2D eigenvalue weighted by Gasteiger charge is -2.22. The topological polar surface area (TPSA) is 28.6 Å².